The molecule has 2 aliphatic rings. The highest BCUT2D eigenvalue weighted by Gasteiger charge is 2.60. The Kier molecular flexibility index (Phi) is 8.17. The number of pyridine rings is 1. The first-order valence-corrected chi connectivity index (χ1v) is 13.3. The summed E-state index contributed by atoms with van der Waals surface area (Å²) in [5, 5.41) is 15.7. The van der Waals surface area contributed by atoms with Crippen LogP contribution in [0, 0.1) is 0 Å². The quantitative estimate of drug-likeness (QED) is 0.423. The fourth-order valence-electron chi connectivity index (χ4n) is 5.61. The minimum Gasteiger partial charge on any atom is -0.445 e. The molecule has 0 radical (unpaired) electrons. The Morgan fingerprint density at radius 3 is 2.48 bits per heavy atom. The number of aliphatic hydroxyl groups is 1. The van der Waals surface area contributed by atoms with E-state index < -0.39 is 29.6 Å². The highest BCUT2D eigenvalue weighted by molar-refractivity contribution is 5.91. The number of rotatable bonds is 9. The normalized spacial score (nSPS) is 21.1. The number of aryl methyl sites for hydroxylation is 2. The van der Waals surface area contributed by atoms with E-state index in [1.807, 2.05) is 36.4 Å². The molecule has 40 heavy (non-hydrogen) atoms. The second kappa shape index (κ2) is 11.8. The number of carbonyl (C=O) groups is 2. The molecule has 10 nitrogen and oxygen atoms in total. The van der Waals surface area contributed by atoms with Crippen LogP contribution in [0.25, 0.3) is 0 Å². The number of nitrogens with zero attached hydrogens (tertiary/aromatic N) is 5. The fraction of sp³-hybridized carbons (Fsp3) is 0.464. The van der Waals surface area contributed by atoms with E-state index in [0.29, 0.717) is 19.3 Å². The highest BCUT2D eigenvalue weighted by Crippen LogP contribution is 2.46. The molecule has 2 aliphatic heterocycles. The molecule has 5 rings (SSSR count). The number of halogens is 2. The molecule has 1 N–H and O–H groups in total. The van der Waals surface area contributed by atoms with E-state index in [4.69, 9.17) is 9.26 Å². The number of ether oxygens (including phenoxy) is 1. The first-order valence-electron chi connectivity index (χ1n) is 13.3. The van der Waals surface area contributed by atoms with Gasteiger partial charge in [0, 0.05) is 51.3 Å². The molecule has 1 atom stereocenters. The van der Waals surface area contributed by atoms with Gasteiger partial charge in [0.1, 0.15) is 12.3 Å². The van der Waals surface area contributed by atoms with E-state index in [-0.39, 0.29) is 57.2 Å². The molecule has 3 aromatic rings. The number of Topliss-reactive ketones (excluding diaryl/α,β-unsaturated/α-hetero) is 1. The Bertz CT molecular complexity index is 1300. The van der Waals surface area contributed by atoms with Crippen molar-refractivity contribution in [2.75, 3.05) is 19.6 Å². The first-order chi connectivity index (χ1) is 19.3. The van der Waals surface area contributed by atoms with E-state index in [2.05, 4.69) is 15.1 Å². The smallest absolute Gasteiger partial charge is 0.410 e. The van der Waals surface area contributed by atoms with Crippen LogP contribution < -0.4 is 0 Å². The molecule has 0 aliphatic carbocycles. The van der Waals surface area contributed by atoms with Crippen molar-refractivity contribution in [3.05, 3.63) is 77.7 Å². The van der Waals surface area contributed by atoms with Crippen molar-refractivity contribution in [3.8, 4) is 0 Å². The summed E-state index contributed by atoms with van der Waals surface area (Å²) in [6.45, 7) is 0.552. The number of likely N-dealkylation sites (tertiary alicyclic amines) is 2. The average Bonchev–Trinajstić information content (AvgIpc) is 3.65. The second-order valence-corrected chi connectivity index (χ2v) is 10.2. The van der Waals surface area contributed by atoms with Gasteiger partial charge in [0.25, 0.3) is 6.43 Å². The van der Waals surface area contributed by atoms with E-state index >= 15 is 0 Å². The van der Waals surface area contributed by atoms with Crippen molar-refractivity contribution < 1.29 is 32.7 Å². The summed E-state index contributed by atoms with van der Waals surface area (Å²) in [5.74, 6) is -1.34. The average molecular weight is 556 g/mol. The Hall–Kier alpha value is -3.77. The van der Waals surface area contributed by atoms with Crippen LogP contribution in [-0.4, -0.2) is 73.7 Å². The summed E-state index contributed by atoms with van der Waals surface area (Å²) in [4.78, 5) is 37.1. The molecule has 212 valence electrons. The number of hydrogen-bond donors (Lipinski definition) is 1. The molecule has 12 heteroatoms. The number of aromatic nitrogens is 3. The van der Waals surface area contributed by atoms with Gasteiger partial charge in [-0.3, -0.25) is 14.7 Å². The first kappa shape index (κ1) is 27.8. The van der Waals surface area contributed by atoms with E-state index in [1.165, 1.54) is 9.80 Å². The van der Waals surface area contributed by atoms with Crippen LogP contribution >= 0.6 is 0 Å². The van der Waals surface area contributed by atoms with Gasteiger partial charge >= 0.3 is 6.09 Å². The Morgan fingerprint density at radius 2 is 1.77 bits per heavy atom. The number of alkyl halides is 2. The van der Waals surface area contributed by atoms with Gasteiger partial charge in [0.15, 0.2) is 11.4 Å². The summed E-state index contributed by atoms with van der Waals surface area (Å²) in [5.41, 5.74) is -1.79. The third-order valence-electron chi connectivity index (χ3n) is 7.71. The maximum absolute atomic E-state index is 14.0. The molecule has 0 bridgehead atoms. The van der Waals surface area contributed by atoms with Gasteiger partial charge in [0.2, 0.25) is 11.7 Å². The molecule has 1 aromatic carbocycles. The molecule has 2 saturated heterocycles. The molecule has 4 heterocycles. The third-order valence-corrected chi connectivity index (χ3v) is 7.71. The van der Waals surface area contributed by atoms with Crippen LogP contribution in [0.2, 0.25) is 0 Å². The van der Waals surface area contributed by atoms with Crippen LogP contribution in [0.15, 0.2) is 59.4 Å². The van der Waals surface area contributed by atoms with Gasteiger partial charge in [-0.1, -0.05) is 41.6 Å². The van der Waals surface area contributed by atoms with Crippen LogP contribution in [-0.2, 0) is 34.5 Å². The molecule has 0 unspecified atom stereocenters. The summed E-state index contributed by atoms with van der Waals surface area (Å²) in [6.07, 6.45) is 0.883. The van der Waals surface area contributed by atoms with Crippen LogP contribution in [0.1, 0.15) is 48.5 Å². The van der Waals surface area contributed by atoms with Crippen molar-refractivity contribution in [1.29, 1.82) is 0 Å². The minimum absolute atomic E-state index is 0.0168. The predicted octanol–water partition coefficient (Wildman–Crippen LogP) is 3.50. The number of hydrogen-bond acceptors (Lipinski definition) is 9. The number of ketones is 1. The zero-order valence-corrected chi connectivity index (χ0v) is 21.9. The number of piperidine rings is 1. The lowest BCUT2D eigenvalue weighted by atomic mass is 9.85. The van der Waals surface area contributed by atoms with Crippen molar-refractivity contribution in [1.82, 2.24) is 24.9 Å². The number of carbonyl (C=O) groups excluding carboxylic acids is 2. The zero-order valence-electron chi connectivity index (χ0n) is 21.9. The molecule has 0 saturated carbocycles. The van der Waals surface area contributed by atoms with Gasteiger partial charge in [-0.05, 0) is 36.5 Å². The van der Waals surface area contributed by atoms with Crippen molar-refractivity contribution in [3.63, 3.8) is 0 Å². The zero-order chi connectivity index (χ0) is 28.2. The van der Waals surface area contributed by atoms with Crippen LogP contribution in [0.3, 0.4) is 0 Å². The SMILES string of the molecule is O=C(OCc1ccccc1)N1CCC(O)(N2CCC[C@@]2(C(=O)C(F)F)c2noc(CCc3cccnc3)n2)CC1. The molecular formula is C28H31F2N5O5. The lowest BCUT2D eigenvalue weighted by Crippen LogP contribution is -2.64. The summed E-state index contributed by atoms with van der Waals surface area (Å²) >= 11 is 0. The van der Waals surface area contributed by atoms with Crippen molar-refractivity contribution in [2.24, 2.45) is 0 Å². The van der Waals surface area contributed by atoms with Gasteiger partial charge in [-0.25, -0.2) is 13.6 Å². The maximum Gasteiger partial charge on any atom is 0.410 e. The molecule has 2 fully saturated rings. The van der Waals surface area contributed by atoms with Gasteiger partial charge in [-0.15, -0.1) is 0 Å². The van der Waals surface area contributed by atoms with Gasteiger partial charge in [-0.2, -0.15) is 4.98 Å². The summed E-state index contributed by atoms with van der Waals surface area (Å²) < 4.78 is 38.8. The highest BCUT2D eigenvalue weighted by atomic mass is 19.3. The van der Waals surface area contributed by atoms with Crippen LogP contribution in [0.4, 0.5) is 13.6 Å². The van der Waals surface area contributed by atoms with Gasteiger partial charge < -0.3 is 19.3 Å². The Labute approximate surface area is 229 Å². The Balaban J connectivity index is 1.30. The lowest BCUT2D eigenvalue weighted by molar-refractivity contribution is -0.186. The van der Waals surface area contributed by atoms with Gasteiger partial charge in [0.05, 0.1) is 0 Å². The van der Waals surface area contributed by atoms with E-state index in [1.54, 1.807) is 18.5 Å². The molecule has 0 spiro atoms. The number of benzene rings is 1. The molecular weight excluding hydrogens is 524 g/mol. The molecule has 1 amide bonds. The molecule has 2 aromatic heterocycles. The summed E-state index contributed by atoms with van der Waals surface area (Å²) in [7, 11) is 0. The summed E-state index contributed by atoms with van der Waals surface area (Å²) in [6, 6.07) is 12.9. The van der Waals surface area contributed by atoms with Crippen LogP contribution in [0.5, 0.6) is 0 Å². The minimum atomic E-state index is -3.30. The largest absolute Gasteiger partial charge is 0.445 e. The maximum atomic E-state index is 14.0. The van der Waals surface area contributed by atoms with Crippen molar-refractivity contribution >= 4 is 11.9 Å². The monoisotopic (exact) mass is 555 g/mol. The third kappa shape index (κ3) is 5.59. The number of amides is 1. The van der Waals surface area contributed by atoms with E-state index in [0.717, 1.165) is 11.1 Å². The predicted molar refractivity (Wildman–Crippen MR) is 137 cm³/mol. The fourth-order valence-corrected chi connectivity index (χ4v) is 5.61. The standard InChI is InChI=1S/C28H31F2N5O5/c29-24(30)23(36)28(25-32-22(40-33-25)10-9-20-8-4-14-31-18-20)11-5-15-35(28)27(38)12-16-34(17-13-27)26(37)39-19-21-6-2-1-3-7-21/h1-4,6-8,14,18,24,38H,5,9-13,15-17,19H2/t28-/m1/s1. The van der Waals surface area contributed by atoms with Crippen molar-refractivity contribution in [2.45, 2.75) is 62.8 Å². The topological polar surface area (TPSA) is 122 Å². The second-order valence-electron chi connectivity index (χ2n) is 10.2. The van der Waals surface area contributed by atoms with E-state index in [9.17, 15) is 23.5 Å². The lowest BCUT2D eigenvalue weighted by Gasteiger charge is -2.48. The Morgan fingerprint density at radius 1 is 1.02 bits per heavy atom.